The second-order valence-electron chi connectivity index (χ2n) is 6.23. The molecule has 1 heterocycles. The molecule has 1 aliphatic heterocycles. The lowest BCUT2D eigenvalue weighted by molar-refractivity contribution is 0.0694. The van der Waals surface area contributed by atoms with Gasteiger partial charge in [-0.2, -0.15) is 0 Å². The molecule has 2 amide bonds. The number of carboxylic acid groups (broad SMARTS) is 1. The number of nitrogens with zero attached hydrogens (tertiary/aromatic N) is 1. The van der Waals surface area contributed by atoms with Crippen molar-refractivity contribution in [3.63, 3.8) is 0 Å². The fourth-order valence-electron chi connectivity index (χ4n) is 3.24. The van der Waals surface area contributed by atoms with Crippen LogP contribution in [0.1, 0.15) is 54.4 Å². The zero-order valence-electron chi connectivity index (χ0n) is 14.2. The number of urea groups is 1. The standard InChI is InChI=1S/C19H26N2O3/c1-3-7-15(4-2)20-19(24)21-12-10-14(11-13-21)16-8-5-6-9-17(16)18(22)23/h3,5-6,8-9,14-15H,1,4,7,10-13H2,2H3,(H,20,24)(H,22,23). The first kappa shape index (κ1) is 18.0. The lowest BCUT2D eigenvalue weighted by Crippen LogP contribution is -2.47. The molecular formula is C19H26N2O3. The number of likely N-dealkylation sites (tertiary alicyclic amines) is 1. The van der Waals surface area contributed by atoms with Gasteiger partial charge < -0.3 is 15.3 Å². The maximum Gasteiger partial charge on any atom is 0.335 e. The summed E-state index contributed by atoms with van der Waals surface area (Å²) in [5, 5.41) is 12.4. The number of benzene rings is 1. The number of carbonyl (C=O) groups is 2. The van der Waals surface area contributed by atoms with Gasteiger partial charge in [0, 0.05) is 19.1 Å². The van der Waals surface area contributed by atoms with Crippen LogP contribution in [0.4, 0.5) is 4.79 Å². The van der Waals surface area contributed by atoms with E-state index in [2.05, 4.69) is 11.9 Å². The summed E-state index contributed by atoms with van der Waals surface area (Å²) in [5.74, 6) is -0.697. The zero-order chi connectivity index (χ0) is 17.5. The van der Waals surface area contributed by atoms with E-state index in [1.807, 2.05) is 30.0 Å². The summed E-state index contributed by atoms with van der Waals surface area (Å²) >= 11 is 0. The van der Waals surface area contributed by atoms with Crippen molar-refractivity contribution < 1.29 is 14.7 Å². The van der Waals surface area contributed by atoms with Crippen LogP contribution in [0.3, 0.4) is 0 Å². The molecule has 1 aromatic carbocycles. The van der Waals surface area contributed by atoms with Crippen molar-refractivity contribution in [3.05, 3.63) is 48.0 Å². The maximum atomic E-state index is 12.3. The van der Waals surface area contributed by atoms with Gasteiger partial charge in [-0.3, -0.25) is 0 Å². The predicted molar refractivity (Wildman–Crippen MR) is 94.4 cm³/mol. The zero-order valence-corrected chi connectivity index (χ0v) is 14.2. The van der Waals surface area contributed by atoms with Crippen molar-refractivity contribution in [1.29, 1.82) is 0 Å². The van der Waals surface area contributed by atoms with Gasteiger partial charge in [0.1, 0.15) is 0 Å². The van der Waals surface area contributed by atoms with Crippen molar-refractivity contribution >= 4 is 12.0 Å². The molecule has 130 valence electrons. The monoisotopic (exact) mass is 330 g/mol. The molecule has 0 bridgehead atoms. The predicted octanol–water partition coefficient (Wildman–Crippen LogP) is 3.63. The Morgan fingerprint density at radius 1 is 1.38 bits per heavy atom. The van der Waals surface area contributed by atoms with Gasteiger partial charge >= 0.3 is 12.0 Å². The molecule has 0 radical (unpaired) electrons. The highest BCUT2D eigenvalue weighted by Gasteiger charge is 2.26. The molecule has 1 atom stereocenters. The van der Waals surface area contributed by atoms with Crippen LogP contribution in [-0.4, -0.2) is 41.1 Å². The van der Waals surface area contributed by atoms with Gasteiger partial charge in [-0.05, 0) is 43.2 Å². The molecule has 1 aromatic rings. The molecule has 1 saturated heterocycles. The Labute approximate surface area is 143 Å². The topological polar surface area (TPSA) is 69.6 Å². The molecule has 0 aliphatic carbocycles. The van der Waals surface area contributed by atoms with E-state index >= 15 is 0 Å². The van der Waals surface area contributed by atoms with Crippen molar-refractivity contribution in [1.82, 2.24) is 10.2 Å². The molecule has 24 heavy (non-hydrogen) atoms. The van der Waals surface area contributed by atoms with E-state index in [-0.39, 0.29) is 18.0 Å². The Morgan fingerprint density at radius 3 is 2.62 bits per heavy atom. The van der Waals surface area contributed by atoms with E-state index in [1.54, 1.807) is 12.1 Å². The lowest BCUT2D eigenvalue weighted by atomic mass is 9.86. The van der Waals surface area contributed by atoms with E-state index < -0.39 is 5.97 Å². The van der Waals surface area contributed by atoms with Crippen LogP contribution < -0.4 is 5.32 Å². The Hall–Kier alpha value is -2.30. The number of carbonyl (C=O) groups excluding carboxylic acids is 1. The van der Waals surface area contributed by atoms with Crippen LogP contribution in [0.15, 0.2) is 36.9 Å². The molecule has 0 aromatic heterocycles. The van der Waals surface area contributed by atoms with Crippen LogP contribution in [0.25, 0.3) is 0 Å². The molecule has 2 N–H and O–H groups in total. The van der Waals surface area contributed by atoms with E-state index in [0.717, 1.165) is 31.2 Å². The third-order valence-corrected chi connectivity index (χ3v) is 4.68. The Morgan fingerprint density at radius 2 is 2.04 bits per heavy atom. The largest absolute Gasteiger partial charge is 0.478 e. The van der Waals surface area contributed by atoms with Crippen LogP contribution in [0.5, 0.6) is 0 Å². The Bertz CT molecular complexity index is 592. The van der Waals surface area contributed by atoms with Crippen molar-refractivity contribution in [2.75, 3.05) is 13.1 Å². The molecule has 1 fully saturated rings. The Kier molecular flexibility index (Phi) is 6.41. The molecule has 0 saturated carbocycles. The van der Waals surface area contributed by atoms with Gasteiger partial charge in [0.25, 0.3) is 0 Å². The van der Waals surface area contributed by atoms with E-state index in [1.165, 1.54) is 0 Å². The minimum absolute atomic E-state index is 0.0336. The summed E-state index contributed by atoms with van der Waals surface area (Å²) in [4.78, 5) is 25.5. The van der Waals surface area contributed by atoms with E-state index in [9.17, 15) is 14.7 Å². The number of rotatable bonds is 6. The van der Waals surface area contributed by atoms with Crippen LogP contribution in [-0.2, 0) is 0 Å². The van der Waals surface area contributed by atoms with Gasteiger partial charge in [-0.1, -0.05) is 31.2 Å². The van der Waals surface area contributed by atoms with Crippen LogP contribution in [0.2, 0.25) is 0 Å². The highest BCUT2D eigenvalue weighted by atomic mass is 16.4. The summed E-state index contributed by atoms with van der Waals surface area (Å²) in [6.45, 7) is 7.06. The van der Waals surface area contributed by atoms with Gasteiger partial charge in [-0.15, -0.1) is 6.58 Å². The fourth-order valence-corrected chi connectivity index (χ4v) is 3.24. The van der Waals surface area contributed by atoms with Crippen molar-refractivity contribution in [3.8, 4) is 0 Å². The molecule has 1 unspecified atom stereocenters. The molecular weight excluding hydrogens is 304 g/mol. The normalized spacial score (nSPS) is 16.5. The summed E-state index contributed by atoms with van der Waals surface area (Å²) in [6, 6.07) is 7.26. The second kappa shape index (κ2) is 8.52. The summed E-state index contributed by atoms with van der Waals surface area (Å²) in [5.41, 5.74) is 1.25. The van der Waals surface area contributed by atoms with Gasteiger partial charge in [0.2, 0.25) is 0 Å². The quantitative estimate of drug-likeness (QED) is 0.783. The Balaban J connectivity index is 1.95. The first-order valence-electron chi connectivity index (χ1n) is 8.55. The minimum Gasteiger partial charge on any atom is -0.478 e. The number of hydrogen-bond acceptors (Lipinski definition) is 2. The first-order chi connectivity index (χ1) is 11.6. The number of nitrogens with one attached hydrogen (secondary N) is 1. The number of piperidine rings is 1. The second-order valence-corrected chi connectivity index (χ2v) is 6.23. The molecule has 5 heteroatoms. The molecule has 5 nitrogen and oxygen atoms in total. The highest BCUT2D eigenvalue weighted by molar-refractivity contribution is 5.89. The summed E-state index contributed by atoms with van der Waals surface area (Å²) in [6.07, 6.45) is 5.04. The van der Waals surface area contributed by atoms with Crippen LogP contribution in [0, 0.1) is 0 Å². The highest BCUT2D eigenvalue weighted by Crippen LogP contribution is 2.30. The first-order valence-corrected chi connectivity index (χ1v) is 8.55. The van der Waals surface area contributed by atoms with Crippen molar-refractivity contribution in [2.24, 2.45) is 0 Å². The maximum absolute atomic E-state index is 12.3. The lowest BCUT2D eigenvalue weighted by Gasteiger charge is -2.33. The van der Waals surface area contributed by atoms with Gasteiger partial charge in [0.15, 0.2) is 0 Å². The SMILES string of the molecule is C=CCC(CC)NC(=O)N1CCC(c2ccccc2C(=O)O)CC1. The van der Waals surface area contributed by atoms with Gasteiger partial charge in [-0.25, -0.2) is 9.59 Å². The summed E-state index contributed by atoms with van der Waals surface area (Å²) in [7, 11) is 0. The number of amides is 2. The van der Waals surface area contributed by atoms with Crippen molar-refractivity contribution in [2.45, 2.75) is 44.6 Å². The van der Waals surface area contributed by atoms with Crippen LogP contribution >= 0.6 is 0 Å². The number of carboxylic acids is 1. The molecule has 1 aliphatic rings. The molecule has 2 rings (SSSR count). The smallest absolute Gasteiger partial charge is 0.335 e. The number of hydrogen-bond donors (Lipinski definition) is 2. The van der Waals surface area contributed by atoms with E-state index in [4.69, 9.17) is 0 Å². The minimum atomic E-state index is -0.888. The molecule has 0 spiro atoms. The third-order valence-electron chi connectivity index (χ3n) is 4.68. The number of aromatic carboxylic acids is 1. The summed E-state index contributed by atoms with van der Waals surface area (Å²) < 4.78 is 0. The average molecular weight is 330 g/mol. The van der Waals surface area contributed by atoms with E-state index in [0.29, 0.717) is 18.7 Å². The average Bonchev–Trinajstić information content (AvgIpc) is 2.61. The fraction of sp³-hybridized carbons (Fsp3) is 0.474. The van der Waals surface area contributed by atoms with Gasteiger partial charge in [0.05, 0.1) is 5.56 Å². The third kappa shape index (κ3) is 4.37.